The number of hydrogen-bond acceptors (Lipinski definition) is 4. The van der Waals surface area contributed by atoms with E-state index in [1.807, 2.05) is 0 Å². The third-order valence-electron chi connectivity index (χ3n) is 1.98. The van der Waals surface area contributed by atoms with E-state index in [0.29, 0.717) is 5.56 Å². The van der Waals surface area contributed by atoms with Crippen LogP contribution in [-0.2, 0) is 11.3 Å². The average Bonchev–Trinajstić information content (AvgIpc) is 2.28. The number of nitrogens with two attached hydrogens (primary N) is 1. The predicted molar refractivity (Wildman–Crippen MR) is 65.8 cm³/mol. The Morgan fingerprint density at radius 3 is 2.76 bits per heavy atom. The summed E-state index contributed by atoms with van der Waals surface area (Å²) in [4.78, 5) is 15.2. The number of esters is 1. The van der Waals surface area contributed by atoms with E-state index in [2.05, 4.69) is 4.98 Å². The summed E-state index contributed by atoms with van der Waals surface area (Å²) in [7, 11) is 0. The van der Waals surface area contributed by atoms with E-state index in [1.165, 1.54) is 6.07 Å². The maximum atomic E-state index is 12.6. The van der Waals surface area contributed by atoms with Gasteiger partial charge in [0.25, 0.3) is 6.43 Å². The van der Waals surface area contributed by atoms with Crippen LogP contribution >= 0.6 is 22.6 Å². The van der Waals surface area contributed by atoms with Crippen molar-refractivity contribution in [3.8, 4) is 0 Å². The monoisotopic (exact) mass is 356 g/mol. The molecule has 0 aromatic carbocycles. The first-order valence-corrected chi connectivity index (χ1v) is 5.93. The van der Waals surface area contributed by atoms with Crippen LogP contribution in [0.1, 0.15) is 35.1 Å². The summed E-state index contributed by atoms with van der Waals surface area (Å²) in [5.74, 6) is -0.730. The number of rotatable bonds is 4. The Bertz CT molecular complexity index is 427. The molecule has 0 saturated carbocycles. The van der Waals surface area contributed by atoms with Crippen LogP contribution in [0.15, 0.2) is 6.07 Å². The number of nitrogens with zero attached hydrogens (tertiary/aromatic N) is 1. The maximum Gasteiger partial charge on any atom is 0.357 e. The van der Waals surface area contributed by atoms with E-state index in [9.17, 15) is 13.6 Å². The van der Waals surface area contributed by atoms with Crippen LogP contribution in [0.3, 0.4) is 0 Å². The molecule has 0 spiro atoms. The van der Waals surface area contributed by atoms with Gasteiger partial charge in [-0.3, -0.25) is 0 Å². The summed E-state index contributed by atoms with van der Waals surface area (Å²) in [6.45, 7) is 1.82. The lowest BCUT2D eigenvalue weighted by Gasteiger charge is -2.10. The zero-order valence-corrected chi connectivity index (χ0v) is 11.2. The standard InChI is InChI=1S/C10H11F2IN2O2/c1-2-17-10(16)7-5(4-14)3-6(13)8(15-7)9(11)12/h3,9H,2,4,14H2,1H3. The van der Waals surface area contributed by atoms with E-state index in [-0.39, 0.29) is 22.4 Å². The van der Waals surface area contributed by atoms with Crippen LogP contribution in [0.25, 0.3) is 0 Å². The second kappa shape index (κ2) is 6.20. The summed E-state index contributed by atoms with van der Waals surface area (Å²) in [6, 6.07) is 1.43. The molecule has 1 aromatic rings. The van der Waals surface area contributed by atoms with E-state index in [1.54, 1.807) is 29.5 Å². The van der Waals surface area contributed by atoms with Gasteiger partial charge < -0.3 is 10.5 Å². The molecule has 0 unspecified atom stereocenters. The van der Waals surface area contributed by atoms with Crippen molar-refractivity contribution in [2.45, 2.75) is 19.9 Å². The Labute approximate surface area is 111 Å². The van der Waals surface area contributed by atoms with Crippen molar-refractivity contribution in [1.29, 1.82) is 0 Å². The van der Waals surface area contributed by atoms with Crippen LogP contribution < -0.4 is 5.73 Å². The second-order valence-corrected chi connectivity index (χ2v) is 4.25. The molecule has 7 heteroatoms. The van der Waals surface area contributed by atoms with Gasteiger partial charge in [0.15, 0.2) is 5.69 Å². The molecule has 1 rings (SSSR count). The molecular weight excluding hydrogens is 345 g/mol. The minimum atomic E-state index is -2.73. The molecule has 0 atom stereocenters. The highest BCUT2D eigenvalue weighted by Gasteiger charge is 2.21. The zero-order chi connectivity index (χ0) is 13.0. The van der Waals surface area contributed by atoms with E-state index < -0.39 is 18.1 Å². The third-order valence-corrected chi connectivity index (χ3v) is 2.84. The Morgan fingerprint density at radius 2 is 2.29 bits per heavy atom. The SMILES string of the molecule is CCOC(=O)c1nc(C(F)F)c(I)cc1CN. The van der Waals surface area contributed by atoms with E-state index in [4.69, 9.17) is 10.5 Å². The lowest BCUT2D eigenvalue weighted by atomic mass is 10.1. The third kappa shape index (κ3) is 3.32. The summed E-state index contributed by atoms with van der Waals surface area (Å²) in [5, 5.41) is 0. The van der Waals surface area contributed by atoms with Crippen molar-refractivity contribution in [2.75, 3.05) is 6.61 Å². The summed E-state index contributed by atoms with van der Waals surface area (Å²) >= 11 is 1.74. The number of carbonyl (C=O) groups excluding carboxylic acids is 1. The van der Waals surface area contributed by atoms with Gasteiger partial charge in [0.1, 0.15) is 5.69 Å². The molecule has 2 N–H and O–H groups in total. The van der Waals surface area contributed by atoms with Gasteiger partial charge >= 0.3 is 5.97 Å². The fourth-order valence-electron chi connectivity index (χ4n) is 1.23. The molecule has 94 valence electrons. The molecule has 0 aliphatic heterocycles. The van der Waals surface area contributed by atoms with Gasteiger partial charge in [0.2, 0.25) is 0 Å². The number of alkyl halides is 2. The van der Waals surface area contributed by atoms with Gasteiger partial charge in [0, 0.05) is 10.1 Å². The molecule has 17 heavy (non-hydrogen) atoms. The molecule has 0 bridgehead atoms. The fourth-order valence-corrected chi connectivity index (χ4v) is 1.96. The second-order valence-electron chi connectivity index (χ2n) is 3.09. The molecule has 1 heterocycles. The number of halogens is 3. The van der Waals surface area contributed by atoms with Gasteiger partial charge in [-0.15, -0.1) is 0 Å². The van der Waals surface area contributed by atoms with Gasteiger partial charge in [-0.05, 0) is 41.1 Å². The van der Waals surface area contributed by atoms with Crippen LogP contribution in [0.4, 0.5) is 8.78 Å². The molecule has 0 aliphatic carbocycles. The number of carbonyl (C=O) groups is 1. The lowest BCUT2D eigenvalue weighted by Crippen LogP contribution is -2.15. The first kappa shape index (κ1) is 14.2. The Morgan fingerprint density at radius 1 is 1.65 bits per heavy atom. The molecule has 0 fully saturated rings. The van der Waals surface area contributed by atoms with Crippen LogP contribution in [0.2, 0.25) is 0 Å². The Hall–Kier alpha value is -0.830. The number of ether oxygens (including phenoxy) is 1. The highest BCUT2D eigenvalue weighted by molar-refractivity contribution is 14.1. The quantitative estimate of drug-likeness (QED) is 0.664. The van der Waals surface area contributed by atoms with E-state index >= 15 is 0 Å². The maximum absolute atomic E-state index is 12.6. The number of aromatic nitrogens is 1. The highest BCUT2D eigenvalue weighted by atomic mass is 127. The summed E-state index contributed by atoms with van der Waals surface area (Å²) in [5.41, 5.74) is 5.28. The molecule has 0 saturated heterocycles. The number of pyridine rings is 1. The normalized spacial score (nSPS) is 10.7. The average molecular weight is 356 g/mol. The molecule has 1 aromatic heterocycles. The van der Waals surface area contributed by atoms with Crippen LogP contribution in [0.5, 0.6) is 0 Å². The van der Waals surface area contributed by atoms with Crippen molar-refractivity contribution in [3.05, 3.63) is 26.6 Å². The molecular formula is C10H11F2IN2O2. The van der Waals surface area contributed by atoms with Crippen molar-refractivity contribution in [2.24, 2.45) is 5.73 Å². The van der Waals surface area contributed by atoms with Crippen LogP contribution in [0, 0.1) is 3.57 Å². The number of hydrogen-bond donors (Lipinski definition) is 1. The van der Waals surface area contributed by atoms with Gasteiger partial charge in [-0.1, -0.05) is 0 Å². The summed E-state index contributed by atoms with van der Waals surface area (Å²) in [6.07, 6.45) is -2.73. The molecule has 4 nitrogen and oxygen atoms in total. The highest BCUT2D eigenvalue weighted by Crippen LogP contribution is 2.25. The van der Waals surface area contributed by atoms with Gasteiger partial charge in [-0.2, -0.15) is 0 Å². The predicted octanol–water partition coefficient (Wildman–Crippen LogP) is 2.26. The van der Waals surface area contributed by atoms with Crippen molar-refractivity contribution in [1.82, 2.24) is 4.98 Å². The molecule has 0 radical (unpaired) electrons. The first-order valence-electron chi connectivity index (χ1n) is 4.85. The zero-order valence-electron chi connectivity index (χ0n) is 9.04. The molecule has 0 amide bonds. The van der Waals surface area contributed by atoms with Crippen LogP contribution in [-0.4, -0.2) is 17.6 Å². The van der Waals surface area contributed by atoms with Gasteiger partial charge in [0.05, 0.1) is 6.61 Å². The Balaban J connectivity index is 3.26. The lowest BCUT2D eigenvalue weighted by molar-refractivity contribution is 0.0516. The van der Waals surface area contributed by atoms with Crippen molar-refractivity contribution < 1.29 is 18.3 Å². The molecule has 0 aliphatic rings. The first-order chi connectivity index (χ1) is 8.01. The topological polar surface area (TPSA) is 65.2 Å². The van der Waals surface area contributed by atoms with Crippen molar-refractivity contribution in [3.63, 3.8) is 0 Å². The van der Waals surface area contributed by atoms with E-state index in [0.717, 1.165) is 0 Å². The van der Waals surface area contributed by atoms with Crippen molar-refractivity contribution >= 4 is 28.6 Å². The minimum Gasteiger partial charge on any atom is -0.461 e. The fraction of sp³-hybridized carbons (Fsp3) is 0.400. The smallest absolute Gasteiger partial charge is 0.357 e. The van der Waals surface area contributed by atoms with Gasteiger partial charge in [-0.25, -0.2) is 18.6 Å². The Kier molecular flexibility index (Phi) is 5.19. The minimum absolute atomic E-state index is 0.0423. The summed E-state index contributed by atoms with van der Waals surface area (Å²) < 4.78 is 30.3. The largest absolute Gasteiger partial charge is 0.461 e.